The van der Waals surface area contributed by atoms with E-state index in [1.165, 1.54) is 25.7 Å². The molecule has 0 saturated carbocycles. The number of aromatic amines is 1. The Morgan fingerprint density at radius 3 is 2.78 bits per heavy atom. The first-order valence-corrected chi connectivity index (χ1v) is 9.69. The predicted molar refractivity (Wildman–Crippen MR) is 116 cm³/mol. The van der Waals surface area contributed by atoms with Gasteiger partial charge in [-0.25, -0.2) is 15.2 Å². The number of aromatic nitrogens is 2. The van der Waals surface area contributed by atoms with Crippen LogP contribution in [0.4, 0.5) is 4.79 Å². The number of hydrazone groups is 1. The monoisotopic (exact) mass is 437 g/mol. The van der Waals surface area contributed by atoms with Crippen LogP contribution in [0, 0.1) is 0 Å². The lowest BCUT2D eigenvalue weighted by Gasteiger charge is -2.16. The van der Waals surface area contributed by atoms with E-state index >= 15 is 0 Å². The summed E-state index contributed by atoms with van der Waals surface area (Å²) in [4.78, 5) is 31.7. The summed E-state index contributed by atoms with van der Waals surface area (Å²) in [7, 11) is 1.43. The first-order valence-electron chi connectivity index (χ1n) is 9.69. The number of nitrogens with zero attached hydrogens (tertiary/aromatic N) is 2. The van der Waals surface area contributed by atoms with Gasteiger partial charge >= 0.3 is 6.09 Å². The van der Waals surface area contributed by atoms with E-state index in [1.54, 1.807) is 18.3 Å². The number of carbonyl (C=O) groups excluding carboxylic acids is 2. The quantitative estimate of drug-likeness (QED) is 0.299. The van der Waals surface area contributed by atoms with Crippen molar-refractivity contribution in [3.8, 4) is 11.5 Å². The normalized spacial score (nSPS) is 11.7. The van der Waals surface area contributed by atoms with Crippen molar-refractivity contribution < 1.29 is 24.2 Å². The van der Waals surface area contributed by atoms with Gasteiger partial charge < -0.3 is 24.9 Å². The van der Waals surface area contributed by atoms with Gasteiger partial charge in [0.2, 0.25) is 0 Å². The van der Waals surface area contributed by atoms with Gasteiger partial charge in [-0.05, 0) is 29.3 Å². The number of amides is 2. The molecule has 4 N–H and O–H groups in total. The smallest absolute Gasteiger partial charge is 0.408 e. The number of ether oxygens (including phenoxy) is 2. The lowest BCUT2D eigenvalue weighted by Crippen LogP contribution is -2.47. The van der Waals surface area contributed by atoms with Crippen LogP contribution < -0.4 is 15.5 Å². The standard InChI is InChI=1S/C22H23N5O5/c1-31-20-9-16(7-8-19(20)28)11-25-27-21(29)18(10-17-12-23-14-24-17)26-22(30)32-13-15-5-3-2-4-6-15/h2-9,11-12,14,18,28H,10,13H2,1H3,(H,23,24)(H,26,30)(H,27,29)/b25-11-/t18-/m0/s1. The molecule has 0 aliphatic carbocycles. The van der Waals surface area contributed by atoms with Crippen LogP contribution >= 0.6 is 0 Å². The summed E-state index contributed by atoms with van der Waals surface area (Å²) in [5, 5.41) is 16.1. The fourth-order valence-corrected chi connectivity index (χ4v) is 2.76. The van der Waals surface area contributed by atoms with Crippen LogP contribution in [0.15, 0.2) is 66.2 Å². The molecule has 0 bridgehead atoms. The number of phenolic OH excluding ortho intramolecular Hbond substituents is 1. The molecule has 10 nitrogen and oxygen atoms in total. The molecule has 0 radical (unpaired) electrons. The molecule has 0 spiro atoms. The zero-order valence-electron chi connectivity index (χ0n) is 17.3. The predicted octanol–water partition coefficient (Wildman–Crippen LogP) is 2.11. The van der Waals surface area contributed by atoms with E-state index in [0.29, 0.717) is 11.3 Å². The molecule has 0 aliphatic rings. The van der Waals surface area contributed by atoms with Crippen LogP contribution in [-0.4, -0.2) is 46.4 Å². The molecule has 0 aliphatic heterocycles. The Hall–Kier alpha value is -4.34. The number of nitrogens with one attached hydrogen (secondary N) is 3. The highest BCUT2D eigenvalue weighted by molar-refractivity contribution is 5.87. The fraction of sp³-hybridized carbons (Fsp3) is 0.182. The van der Waals surface area contributed by atoms with Gasteiger partial charge in [-0.15, -0.1) is 0 Å². The zero-order chi connectivity index (χ0) is 22.8. The summed E-state index contributed by atoms with van der Waals surface area (Å²) in [5.41, 5.74) is 4.47. The maximum atomic E-state index is 12.7. The molecular weight excluding hydrogens is 414 g/mol. The third kappa shape index (κ3) is 6.59. The maximum absolute atomic E-state index is 12.7. The molecule has 3 aromatic rings. The molecule has 1 atom stereocenters. The number of benzene rings is 2. The minimum atomic E-state index is -0.953. The molecule has 1 heterocycles. The summed E-state index contributed by atoms with van der Waals surface area (Å²) < 4.78 is 10.2. The van der Waals surface area contributed by atoms with Gasteiger partial charge in [0, 0.05) is 18.3 Å². The van der Waals surface area contributed by atoms with Crippen molar-refractivity contribution in [3.05, 3.63) is 77.9 Å². The highest BCUT2D eigenvalue weighted by Crippen LogP contribution is 2.25. The Morgan fingerprint density at radius 2 is 2.06 bits per heavy atom. The molecule has 10 heteroatoms. The summed E-state index contributed by atoms with van der Waals surface area (Å²) in [6, 6.07) is 12.9. The second kappa shape index (κ2) is 11.2. The number of phenols is 1. The zero-order valence-corrected chi connectivity index (χ0v) is 17.3. The number of imidazole rings is 1. The molecule has 166 valence electrons. The third-order valence-corrected chi connectivity index (χ3v) is 4.39. The van der Waals surface area contributed by atoms with Crippen LogP contribution in [0.3, 0.4) is 0 Å². The molecule has 0 saturated heterocycles. The highest BCUT2D eigenvalue weighted by atomic mass is 16.5. The van der Waals surface area contributed by atoms with Gasteiger partial charge in [0.05, 0.1) is 19.7 Å². The Morgan fingerprint density at radius 1 is 1.25 bits per heavy atom. The van der Waals surface area contributed by atoms with Gasteiger partial charge in [-0.2, -0.15) is 5.10 Å². The van der Waals surface area contributed by atoms with Crippen molar-refractivity contribution in [2.24, 2.45) is 5.10 Å². The number of alkyl carbamates (subject to hydrolysis) is 1. The van der Waals surface area contributed by atoms with E-state index in [-0.39, 0.29) is 24.5 Å². The van der Waals surface area contributed by atoms with Gasteiger partial charge in [0.25, 0.3) is 5.91 Å². The van der Waals surface area contributed by atoms with Gasteiger partial charge in [0.15, 0.2) is 11.5 Å². The number of methoxy groups -OCH3 is 1. The van der Waals surface area contributed by atoms with E-state index < -0.39 is 18.0 Å². The number of aromatic hydroxyl groups is 1. The molecule has 32 heavy (non-hydrogen) atoms. The maximum Gasteiger partial charge on any atom is 0.408 e. The molecule has 0 fully saturated rings. The van der Waals surface area contributed by atoms with E-state index in [2.05, 4.69) is 25.8 Å². The second-order valence-corrected chi connectivity index (χ2v) is 6.71. The van der Waals surface area contributed by atoms with Crippen LogP contribution in [-0.2, 0) is 22.6 Å². The average Bonchev–Trinajstić information content (AvgIpc) is 3.32. The Labute approximate surface area is 184 Å². The summed E-state index contributed by atoms with van der Waals surface area (Å²) in [6.45, 7) is 0.0753. The number of hydrogen-bond donors (Lipinski definition) is 4. The average molecular weight is 437 g/mol. The lowest BCUT2D eigenvalue weighted by atomic mass is 10.1. The van der Waals surface area contributed by atoms with Crippen molar-refractivity contribution >= 4 is 18.2 Å². The van der Waals surface area contributed by atoms with E-state index in [4.69, 9.17) is 9.47 Å². The number of H-pyrrole nitrogens is 1. The summed E-state index contributed by atoms with van der Waals surface area (Å²) >= 11 is 0. The minimum absolute atomic E-state index is 0.00785. The molecule has 3 rings (SSSR count). The largest absolute Gasteiger partial charge is 0.504 e. The molecule has 0 unspecified atom stereocenters. The van der Waals surface area contributed by atoms with Crippen molar-refractivity contribution in [3.63, 3.8) is 0 Å². The van der Waals surface area contributed by atoms with E-state index in [9.17, 15) is 14.7 Å². The second-order valence-electron chi connectivity index (χ2n) is 6.71. The first-order chi connectivity index (χ1) is 15.5. The van der Waals surface area contributed by atoms with Gasteiger partial charge in [-0.1, -0.05) is 30.3 Å². The summed E-state index contributed by atoms with van der Waals surface area (Å²) in [5.74, 6) is -0.273. The molecule has 2 amide bonds. The number of hydrogen-bond acceptors (Lipinski definition) is 7. The van der Waals surface area contributed by atoms with Crippen molar-refractivity contribution in [2.75, 3.05) is 7.11 Å². The number of carbonyl (C=O) groups is 2. The van der Waals surface area contributed by atoms with Crippen molar-refractivity contribution in [2.45, 2.75) is 19.1 Å². The first kappa shape index (κ1) is 22.3. The Bertz CT molecular complexity index is 1050. The van der Waals surface area contributed by atoms with Crippen LogP contribution in [0.2, 0.25) is 0 Å². The van der Waals surface area contributed by atoms with E-state index in [0.717, 1.165) is 5.56 Å². The fourth-order valence-electron chi connectivity index (χ4n) is 2.76. The Balaban J connectivity index is 1.61. The topological polar surface area (TPSA) is 138 Å². The van der Waals surface area contributed by atoms with Crippen molar-refractivity contribution in [1.82, 2.24) is 20.7 Å². The van der Waals surface area contributed by atoms with Gasteiger partial charge in [0.1, 0.15) is 12.6 Å². The van der Waals surface area contributed by atoms with Crippen LogP contribution in [0.1, 0.15) is 16.8 Å². The summed E-state index contributed by atoms with van der Waals surface area (Å²) in [6.07, 6.45) is 3.86. The van der Waals surface area contributed by atoms with Crippen molar-refractivity contribution in [1.29, 1.82) is 0 Å². The Kier molecular flexibility index (Phi) is 7.79. The molecule has 1 aromatic heterocycles. The molecular formula is C22H23N5O5. The van der Waals surface area contributed by atoms with Crippen LogP contribution in [0.5, 0.6) is 11.5 Å². The molecule has 2 aromatic carbocycles. The SMILES string of the molecule is COc1cc(/C=N\NC(=O)[C@H](Cc2cnc[nH]2)NC(=O)OCc2ccccc2)ccc1O. The van der Waals surface area contributed by atoms with E-state index in [1.807, 2.05) is 30.3 Å². The van der Waals surface area contributed by atoms with Gasteiger partial charge in [-0.3, -0.25) is 4.79 Å². The number of rotatable bonds is 9. The minimum Gasteiger partial charge on any atom is -0.504 e. The van der Waals surface area contributed by atoms with Crippen LogP contribution in [0.25, 0.3) is 0 Å². The lowest BCUT2D eigenvalue weighted by molar-refractivity contribution is -0.123. The highest BCUT2D eigenvalue weighted by Gasteiger charge is 2.22. The third-order valence-electron chi connectivity index (χ3n) is 4.39.